The third kappa shape index (κ3) is 5.08. The maximum Gasteiger partial charge on any atom is 0.416 e. The molecule has 1 aromatic carbocycles. The minimum Gasteiger partial charge on any atom is -0.367 e. The molecule has 0 saturated heterocycles. The Balaban J connectivity index is 1.65. The molecule has 0 spiro atoms. The number of hydrogen-bond acceptors (Lipinski definition) is 4. The Morgan fingerprint density at radius 1 is 0.920 bits per heavy atom. The van der Waals surface area contributed by atoms with Gasteiger partial charge < -0.3 is 10.6 Å². The van der Waals surface area contributed by atoms with Crippen molar-refractivity contribution in [2.45, 2.75) is 50.7 Å². The molecule has 1 fully saturated rings. The summed E-state index contributed by atoms with van der Waals surface area (Å²) in [5.74, 6) is 1.09. The molecule has 0 atom stereocenters. The summed E-state index contributed by atoms with van der Waals surface area (Å²) in [4.78, 5) is 8.54. The summed E-state index contributed by atoms with van der Waals surface area (Å²) in [6.07, 6.45) is 4.57. The summed E-state index contributed by atoms with van der Waals surface area (Å²) < 4.78 is 37.8. The zero-order chi connectivity index (χ0) is 17.7. The van der Waals surface area contributed by atoms with E-state index >= 15 is 0 Å². The zero-order valence-corrected chi connectivity index (χ0v) is 13.8. The van der Waals surface area contributed by atoms with E-state index < -0.39 is 11.7 Å². The van der Waals surface area contributed by atoms with Crippen molar-refractivity contribution >= 4 is 17.5 Å². The highest BCUT2D eigenvalue weighted by atomic mass is 19.4. The molecule has 0 unspecified atom stereocenters. The highest BCUT2D eigenvalue weighted by Gasteiger charge is 2.29. The third-order valence-corrected chi connectivity index (χ3v) is 4.33. The molecule has 134 valence electrons. The molecule has 3 rings (SSSR count). The van der Waals surface area contributed by atoms with Gasteiger partial charge in [0.25, 0.3) is 0 Å². The van der Waals surface area contributed by atoms with Crippen molar-refractivity contribution in [3.63, 3.8) is 0 Å². The van der Waals surface area contributed by atoms with Crippen molar-refractivity contribution in [1.82, 2.24) is 9.97 Å². The monoisotopic (exact) mass is 350 g/mol. The van der Waals surface area contributed by atoms with Gasteiger partial charge in [-0.3, -0.25) is 0 Å². The number of rotatable bonds is 4. The van der Waals surface area contributed by atoms with Crippen molar-refractivity contribution in [3.8, 4) is 0 Å². The molecule has 4 nitrogen and oxygen atoms in total. The molecule has 0 radical (unpaired) electrons. The summed E-state index contributed by atoms with van der Waals surface area (Å²) in [7, 11) is 0. The van der Waals surface area contributed by atoms with Crippen LogP contribution in [0.3, 0.4) is 0 Å². The first kappa shape index (κ1) is 17.5. The summed E-state index contributed by atoms with van der Waals surface area (Å²) in [6, 6.07) is 7.04. The van der Waals surface area contributed by atoms with E-state index in [4.69, 9.17) is 0 Å². The fourth-order valence-corrected chi connectivity index (χ4v) is 3.00. The van der Waals surface area contributed by atoms with E-state index in [-0.39, 0.29) is 0 Å². The minimum absolute atomic E-state index is 0.360. The molecule has 2 aromatic rings. The number of halogens is 3. The Labute approximate surface area is 144 Å². The molecule has 1 aromatic heterocycles. The topological polar surface area (TPSA) is 49.8 Å². The SMILES string of the molecule is FC(F)(F)c1ccc(Nc2nccc(NC3CCCCCC3)n2)cc1. The summed E-state index contributed by atoms with van der Waals surface area (Å²) in [6.45, 7) is 0. The van der Waals surface area contributed by atoms with Crippen LogP contribution in [0.4, 0.5) is 30.6 Å². The standard InChI is InChI=1S/C18H21F3N4/c19-18(20,21)13-7-9-15(10-8-13)24-17-22-12-11-16(25-17)23-14-5-3-1-2-4-6-14/h7-12,14H,1-6H2,(H2,22,23,24,25). The van der Waals surface area contributed by atoms with Gasteiger partial charge in [0, 0.05) is 17.9 Å². The van der Waals surface area contributed by atoms with Crippen LogP contribution in [-0.2, 0) is 6.18 Å². The number of nitrogens with zero attached hydrogens (tertiary/aromatic N) is 2. The Bertz CT molecular complexity index is 677. The second-order valence-electron chi connectivity index (χ2n) is 6.30. The molecular formula is C18H21F3N4. The van der Waals surface area contributed by atoms with Crippen LogP contribution in [0.25, 0.3) is 0 Å². The second kappa shape index (κ2) is 7.72. The van der Waals surface area contributed by atoms with Crippen LogP contribution in [0.1, 0.15) is 44.1 Å². The van der Waals surface area contributed by atoms with Gasteiger partial charge in [0.1, 0.15) is 5.82 Å². The lowest BCUT2D eigenvalue weighted by molar-refractivity contribution is -0.137. The van der Waals surface area contributed by atoms with Crippen molar-refractivity contribution in [3.05, 3.63) is 42.1 Å². The summed E-state index contributed by atoms with van der Waals surface area (Å²) in [5.41, 5.74) is -0.164. The van der Waals surface area contributed by atoms with Gasteiger partial charge in [0.2, 0.25) is 5.95 Å². The predicted octanol–water partition coefficient (Wildman–Crippen LogP) is 5.37. The maximum absolute atomic E-state index is 12.6. The number of hydrogen-bond donors (Lipinski definition) is 2. The highest BCUT2D eigenvalue weighted by Crippen LogP contribution is 2.30. The second-order valence-corrected chi connectivity index (χ2v) is 6.30. The molecular weight excluding hydrogens is 329 g/mol. The summed E-state index contributed by atoms with van der Waals surface area (Å²) >= 11 is 0. The van der Waals surface area contributed by atoms with Crippen LogP contribution in [-0.4, -0.2) is 16.0 Å². The van der Waals surface area contributed by atoms with Gasteiger partial charge in [0.15, 0.2) is 0 Å². The maximum atomic E-state index is 12.6. The lowest BCUT2D eigenvalue weighted by atomic mass is 10.1. The molecule has 1 saturated carbocycles. The van der Waals surface area contributed by atoms with Crippen LogP contribution in [0.2, 0.25) is 0 Å². The van der Waals surface area contributed by atoms with E-state index in [0.717, 1.165) is 30.8 Å². The zero-order valence-electron chi connectivity index (χ0n) is 13.8. The number of alkyl halides is 3. The third-order valence-electron chi connectivity index (χ3n) is 4.33. The van der Waals surface area contributed by atoms with Gasteiger partial charge in [-0.1, -0.05) is 25.7 Å². The molecule has 25 heavy (non-hydrogen) atoms. The van der Waals surface area contributed by atoms with Crippen molar-refractivity contribution in [2.24, 2.45) is 0 Å². The quantitative estimate of drug-likeness (QED) is 0.728. The van der Waals surface area contributed by atoms with Gasteiger partial charge in [-0.25, -0.2) is 4.98 Å². The minimum atomic E-state index is -4.34. The van der Waals surface area contributed by atoms with Gasteiger partial charge in [0.05, 0.1) is 5.56 Å². The average Bonchev–Trinajstić information content (AvgIpc) is 2.83. The highest BCUT2D eigenvalue weighted by molar-refractivity contribution is 5.55. The van der Waals surface area contributed by atoms with Gasteiger partial charge in [-0.15, -0.1) is 0 Å². The first-order valence-electron chi connectivity index (χ1n) is 8.54. The average molecular weight is 350 g/mol. The molecule has 1 aliphatic rings. The Hall–Kier alpha value is -2.31. The predicted molar refractivity (Wildman–Crippen MR) is 91.9 cm³/mol. The van der Waals surface area contributed by atoms with Crippen molar-refractivity contribution < 1.29 is 13.2 Å². The Morgan fingerprint density at radius 3 is 2.24 bits per heavy atom. The lowest BCUT2D eigenvalue weighted by Gasteiger charge is -2.17. The fourth-order valence-electron chi connectivity index (χ4n) is 3.00. The van der Waals surface area contributed by atoms with Crippen LogP contribution in [0, 0.1) is 0 Å². The van der Waals surface area contributed by atoms with E-state index in [1.165, 1.54) is 37.8 Å². The summed E-state index contributed by atoms with van der Waals surface area (Å²) in [5, 5.41) is 6.38. The molecule has 0 amide bonds. The van der Waals surface area contributed by atoms with E-state index in [9.17, 15) is 13.2 Å². The van der Waals surface area contributed by atoms with Gasteiger partial charge in [-0.05, 0) is 43.2 Å². The van der Waals surface area contributed by atoms with E-state index in [0.29, 0.717) is 17.7 Å². The Kier molecular flexibility index (Phi) is 5.40. The Morgan fingerprint density at radius 2 is 1.60 bits per heavy atom. The van der Waals surface area contributed by atoms with E-state index in [2.05, 4.69) is 20.6 Å². The molecule has 7 heteroatoms. The van der Waals surface area contributed by atoms with Crippen LogP contribution in [0.5, 0.6) is 0 Å². The molecule has 0 bridgehead atoms. The normalized spacial score (nSPS) is 16.3. The molecule has 2 N–H and O–H groups in total. The molecule has 0 aliphatic heterocycles. The number of benzene rings is 1. The largest absolute Gasteiger partial charge is 0.416 e. The number of aromatic nitrogens is 2. The smallest absolute Gasteiger partial charge is 0.367 e. The fraction of sp³-hybridized carbons (Fsp3) is 0.444. The van der Waals surface area contributed by atoms with Crippen molar-refractivity contribution in [2.75, 3.05) is 10.6 Å². The van der Waals surface area contributed by atoms with Crippen LogP contribution in [0.15, 0.2) is 36.5 Å². The number of anilines is 3. The van der Waals surface area contributed by atoms with Crippen LogP contribution >= 0.6 is 0 Å². The first-order valence-corrected chi connectivity index (χ1v) is 8.54. The van der Waals surface area contributed by atoms with Crippen LogP contribution < -0.4 is 10.6 Å². The first-order chi connectivity index (χ1) is 12.0. The molecule has 1 aliphatic carbocycles. The van der Waals surface area contributed by atoms with Gasteiger partial charge >= 0.3 is 6.18 Å². The lowest BCUT2D eigenvalue weighted by Crippen LogP contribution is -2.19. The van der Waals surface area contributed by atoms with E-state index in [1.807, 2.05) is 6.07 Å². The van der Waals surface area contributed by atoms with E-state index in [1.54, 1.807) is 6.20 Å². The van der Waals surface area contributed by atoms with Gasteiger partial charge in [-0.2, -0.15) is 18.2 Å². The molecule has 1 heterocycles. The number of nitrogens with one attached hydrogen (secondary N) is 2. The van der Waals surface area contributed by atoms with Crippen molar-refractivity contribution in [1.29, 1.82) is 0 Å².